The lowest BCUT2D eigenvalue weighted by molar-refractivity contribution is 0.980. The smallest absolute Gasteiger partial charge is 0.221 e. The van der Waals surface area contributed by atoms with Gasteiger partial charge in [0.15, 0.2) is 22.0 Å². The van der Waals surface area contributed by atoms with Gasteiger partial charge in [0.25, 0.3) is 0 Å². The van der Waals surface area contributed by atoms with Crippen LogP contribution in [-0.2, 0) is 0 Å². The van der Waals surface area contributed by atoms with E-state index in [4.69, 9.17) is 15.0 Å². The normalized spacial score (nSPS) is 12.4. The number of benzene rings is 12. The van der Waals surface area contributed by atoms with Crippen molar-refractivity contribution >= 4 is 124 Å². The SMILES string of the molecule is C=C/C(=C\C=C/C)[Si](c1ccccc1)(c1ccccc1)c1ccc2c(c1)n1c3cc([Si](c4ccccc4)(c4ccccc4)c4ccccc4)ccc3nc1n2-c1cc(-n2c3ccccc3c3ccccc32)nc(-c2cccc(-n3c4ccccc4c4ccccc43)c2)n1. The summed E-state index contributed by atoms with van der Waals surface area (Å²) in [5.74, 6) is 2.73. The molecule has 0 fully saturated rings. The number of nitrogens with zero attached hydrogens (tertiary/aromatic N) is 7. The van der Waals surface area contributed by atoms with Crippen LogP contribution in [0.5, 0.6) is 0 Å². The molecule has 0 aliphatic heterocycles. The zero-order chi connectivity index (χ0) is 62.0. The number of fused-ring (bicyclic) bond motifs is 11. The van der Waals surface area contributed by atoms with E-state index < -0.39 is 16.1 Å². The molecule has 0 N–H and O–H groups in total. The maximum atomic E-state index is 5.82. The van der Waals surface area contributed by atoms with Crippen LogP contribution < -0.4 is 36.3 Å². The summed E-state index contributed by atoms with van der Waals surface area (Å²) in [5, 5.41) is 14.7. The van der Waals surface area contributed by atoms with Gasteiger partial charge < -0.3 is 4.57 Å². The second-order valence-corrected chi connectivity index (χ2v) is 31.5. The first-order chi connectivity index (χ1) is 46.1. The molecule has 93 heavy (non-hydrogen) atoms. The van der Waals surface area contributed by atoms with Crippen molar-refractivity contribution in [1.82, 2.24) is 33.1 Å². The van der Waals surface area contributed by atoms with Gasteiger partial charge >= 0.3 is 0 Å². The van der Waals surface area contributed by atoms with E-state index in [1.807, 2.05) is 0 Å². The maximum Gasteiger partial charge on any atom is 0.221 e. The lowest BCUT2D eigenvalue weighted by atomic mass is 10.1. The van der Waals surface area contributed by atoms with E-state index in [1.165, 1.54) is 52.3 Å². The van der Waals surface area contributed by atoms with Crippen molar-refractivity contribution in [2.75, 3.05) is 0 Å². The molecule has 0 atom stereocenters. The first-order valence-electron chi connectivity index (χ1n) is 31.7. The fourth-order valence-electron chi connectivity index (χ4n) is 15.1. The van der Waals surface area contributed by atoms with Crippen LogP contribution >= 0.6 is 0 Å². The van der Waals surface area contributed by atoms with Crippen molar-refractivity contribution in [3.05, 3.63) is 352 Å². The maximum absolute atomic E-state index is 5.82. The van der Waals surface area contributed by atoms with Crippen molar-refractivity contribution in [2.24, 2.45) is 0 Å². The summed E-state index contributed by atoms with van der Waals surface area (Å²) < 4.78 is 9.37. The highest BCUT2D eigenvalue weighted by molar-refractivity contribution is 7.20. The number of para-hydroxylation sites is 4. The van der Waals surface area contributed by atoms with Crippen LogP contribution in [-0.4, -0.2) is 49.2 Å². The predicted octanol–water partition coefficient (Wildman–Crippen LogP) is 15.2. The summed E-state index contributed by atoms with van der Waals surface area (Å²) in [7, 11) is -6.21. The Morgan fingerprint density at radius 1 is 0.355 bits per heavy atom. The number of rotatable bonds is 14. The molecular weight excluding hydrogens is 1160 g/mol. The van der Waals surface area contributed by atoms with Gasteiger partial charge in [-0.15, -0.1) is 0 Å². The van der Waals surface area contributed by atoms with Crippen LogP contribution in [0, 0.1) is 0 Å². The minimum atomic E-state index is -3.17. The predicted molar refractivity (Wildman–Crippen MR) is 393 cm³/mol. The minimum absolute atomic E-state index is 0.579. The van der Waals surface area contributed by atoms with Gasteiger partial charge in [-0.1, -0.05) is 280 Å². The summed E-state index contributed by atoms with van der Waals surface area (Å²) >= 11 is 0. The molecule has 0 spiro atoms. The van der Waals surface area contributed by atoms with E-state index in [-0.39, 0.29) is 0 Å². The van der Waals surface area contributed by atoms with Crippen molar-refractivity contribution in [2.45, 2.75) is 6.92 Å². The lowest BCUT2D eigenvalue weighted by Gasteiger charge is -2.35. The van der Waals surface area contributed by atoms with Crippen LogP contribution in [0.3, 0.4) is 0 Å². The third kappa shape index (κ3) is 8.66. The number of hydrogen-bond donors (Lipinski definition) is 0. The van der Waals surface area contributed by atoms with E-state index in [1.54, 1.807) is 0 Å². The zero-order valence-corrected chi connectivity index (χ0v) is 53.2. The zero-order valence-electron chi connectivity index (χ0n) is 51.2. The van der Waals surface area contributed by atoms with E-state index in [9.17, 15) is 0 Å². The topological polar surface area (TPSA) is 57.9 Å². The Morgan fingerprint density at radius 2 is 0.806 bits per heavy atom. The lowest BCUT2D eigenvalue weighted by Crippen LogP contribution is -2.74. The molecule has 0 saturated carbocycles. The Bertz CT molecular complexity index is 5540. The summed E-state index contributed by atoms with van der Waals surface area (Å²) in [6, 6.07) is 115. The molecule has 0 saturated heterocycles. The average molecular weight is 1220 g/mol. The minimum Gasteiger partial charge on any atom is -0.309 e. The summed E-state index contributed by atoms with van der Waals surface area (Å²) in [4.78, 5) is 17.3. The quantitative estimate of drug-likeness (QED) is 0.0619. The first-order valence-corrected chi connectivity index (χ1v) is 35.7. The van der Waals surface area contributed by atoms with Gasteiger partial charge in [0.1, 0.15) is 11.6 Å². The highest BCUT2D eigenvalue weighted by Gasteiger charge is 2.44. The standard InChI is InChI=1S/C84H61N7Si2/c1-3-5-32-61(4-2)92(62-33-11-6-12-34-62,63-35-13-7-14-36-63)68-52-54-78-80(57-68)90-79-56-67(93(64-37-15-8-16-38-64,65-39-17-9-18-40-65)66-41-19-10-20-42-66)51-53-73(79)85-84(90)91(78)82-58-81(89-76-49-27-23-45-71(76)72-46-24-28-50-77(72)89)86-83(87-82)59-30-29-31-60(55-59)88-74-47-25-21-43-69(74)70-44-22-26-48-75(70)88/h3-58H,2H2,1H3/b5-3-,61-32+. The third-order valence-electron chi connectivity index (χ3n) is 19.0. The monoisotopic (exact) mass is 1220 g/mol. The number of imidazole rings is 2. The van der Waals surface area contributed by atoms with Crippen LogP contribution in [0.25, 0.3) is 100 Å². The fourth-order valence-corrected chi connectivity index (χ4v) is 24.6. The van der Waals surface area contributed by atoms with Crippen LogP contribution in [0.2, 0.25) is 0 Å². The second kappa shape index (κ2) is 22.6. The van der Waals surface area contributed by atoms with Crippen LogP contribution in [0.1, 0.15) is 6.92 Å². The number of hydrogen-bond acceptors (Lipinski definition) is 3. The molecule has 7 nitrogen and oxygen atoms in total. The first kappa shape index (κ1) is 55.3. The van der Waals surface area contributed by atoms with E-state index >= 15 is 0 Å². The Kier molecular flexibility index (Phi) is 13.5. The van der Waals surface area contributed by atoms with Gasteiger partial charge in [-0.3, -0.25) is 13.5 Å². The molecule has 0 amide bonds. The highest BCUT2D eigenvalue weighted by atomic mass is 28.3. The molecule has 12 aromatic carbocycles. The Labute approximate surface area is 540 Å². The molecule has 17 aromatic rings. The molecule has 0 radical (unpaired) electrons. The van der Waals surface area contributed by atoms with Gasteiger partial charge in [-0.25, -0.2) is 15.0 Å². The fraction of sp³-hybridized carbons (Fsp3) is 0.0119. The van der Waals surface area contributed by atoms with Crippen molar-refractivity contribution in [3.63, 3.8) is 0 Å². The van der Waals surface area contributed by atoms with Crippen LogP contribution in [0.15, 0.2) is 352 Å². The largest absolute Gasteiger partial charge is 0.309 e. The van der Waals surface area contributed by atoms with E-state index in [0.717, 1.165) is 77.8 Å². The van der Waals surface area contributed by atoms with Gasteiger partial charge in [0.05, 0.1) is 44.1 Å². The molecule has 9 heteroatoms. The summed E-state index contributed by atoms with van der Waals surface area (Å²) in [6.45, 7) is 6.68. The summed E-state index contributed by atoms with van der Waals surface area (Å²) in [6.07, 6.45) is 8.63. The molecule has 0 unspecified atom stereocenters. The van der Waals surface area contributed by atoms with E-state index in [2.05, 4.69) is 371 Å². The molecule has 0 aliphatic rings. The molecule has 17 rings (SSSR count). The van der Waals surface area contributed by atoms with Crippen molar-refractivity contribution in [3.8, 4) is 28.7 Å². The average Bonchev–Trinajstić information content (AvgIpc) is 1.60. The van der Waals surface area contributed by atoms with Crippen molar-refractivity contribution in [1.29, 1.82) is 0 Å². The van der Waals surface area contributed by atoms with Gasteiger partial charge in [0.2, 0.25) is 5.78 Å². The van der Waals surface area contributed by atoms with Gasteiger partial charge in [-0.05, 0) is 109 Å². The molecular formula is C84H61N7Si2. The second-order valence-electron chi connectivity index (χ2n) is 23.9. The highest BCUT2D eigenvalue weighted by Crippen LogP contribution is 2.37. The van der Waals surface area contributed by atoms with Crippen molar-refractivity contribution < 1.29 is 0 Å². The Balaban J connectivity index is 1.00. The van der Waals surface area contributed by atoms with Crippen LogP contribution in [0.4, 0.5) is 0 Å². The third-order valence-corrected chi connectivity index (χ3v) is 28.6. The molecule has 5 heterocycles. The van der Waals surface area contributed by atoms with Gasteiger partial charge in [-0.2, -0.15) is 0 Å². The summed E-state index contributed by atoms with van der Waals surface area (Å²) in [5.41, 5.74) is 10.1. The number of allylic oxidation sites excluding steroid dienone is 5. The Morgan fingerprint density at radius 3 is 1.31 bits per heavy atom. The molecule has 5 aromatic heterocycles. The number of aromatic nitrogens is 7. The molecule has 440 valence electrons. The van der Waals surface area contributed by atoms with E-state index in [0.29, 0.717) is 11.6 Å². The van der Waals surface area contributed by atoms with Gasteiger partial charge in [0, 0.05) is 38.9 Å². The molecule has 0 aliphatic carbocycles. The Hall–Kier alpha value is -11.8. The molecule has 0 bridgehead atoms.